The molecule has 2 N–H and O–H groups in total. The van der Waals surface area contributed by atoms with Crippen LogP contribution in [0.4, 0.5) is 11.4 Å². The summed E-state index contributed by atoms with van der Waals surface area (Å²) in [4.78, 5) is 16.5. The third kappa shape index (κ3) is 3.88. The Morgan fingerprint density at radius 3 is 2.70 bits per heavy atom. The molecule has 2 aromatic rings. The second-order valence-electron chi connectivity index (χ2n) is 6.78. The lowest BCUT2D eigenvalue weighted by Gasteiger charge is -2.32. The van der Waals surface area contributed by atoms with Gasteiger partial charge in [0, 0.05) is 36.9 Å². The average Bonchev–Trinajstić information content (AvgIpc) is 2.70. The highest BCUT2D eigenvalue weighted by Gasteiger charge is 2.26. The van der Waals surface area contributed by atoms with E-state index in [2.05, 4.69) is 16.3 Å². The highest BCUT2D eigenvalue weighted by atomic mass is 35.5. The molecule has 142 valence electrons. The molecule has 0 radical (unpaired) electrons. The SMILES string of the molecule is O=C1COc2cc(CO)ccc2N1Cc1cc(Cl)cc(N2CCNCC2)c1. The predicted octanol–water partition coefficient (Wildman–Crippen LogP) is 2.17. The Morgan fingerprint density at radius 1 is 1.11 bits per heavy atom. The first kappa shape index (κ1) is 18.1. The van der Waals surface area contributed by atoms with E-state index in [0.717, 1.165) is 43.0 Å². The van der Waals surface area contributed by atoms with Crippen LogP contribution in [0.25, 0.3) is 0 Å². The standard InChI is InChI=1S/C20H22ClN3O3/c21-16-7-15(8-17(10-16)23-5-3-22-4-6-23)11-24-18-2-1-14(12-25)9-19(18)27-13-20(24)26/h1-2,7-10,22,25H,3-6,11-13H2. The number of hydrogen-bond acceptors (Lipinski definition) is 5. The van der Waals surface area contributed by atoms with Crippen molar-refractivity contribution in [3.63, 3.8) is 0 Å². The Hall–Kier alpha value is -2.28. The molecular formula is C20H22ClN3O3. The van der Waals surface area contributed by atoms with E-state index in [1.54, 1.807) is 17.0 Å². The molecule has 1 amide bonds. The van der Waals surface area contributed by atoms with E-state index in [1.165, 1.54) is 0 Å². The Balaban J connectivity index is 1.62. The average molecular weight is 388 g/mol. The Morgan fingerprint density at radius 2 is 1.93 bits per heavy atom. The third-order valence-electron chi connectivity index (χ3n) is 4.91. The van der Waals surface area contributed by atoms with Crippen molar-refractivity contribution in [3.8, 4) is 5.75 Å². The molecule has 6 nitrogen and oxygen atoms in total. The van der Waals surface area contributed by atoms with Crippen LogP contribution in [0.5, 0.6) is 5.75 Å². The highest BCUT2D eigenvalue weighted by molar-refractivity contribution is 6.31. The maximum Gasteiger partial charge on any atom is 0.265 e. The van der Waals surface area contributed by atoms with E-state index in [1.807, 2.05) is 18.2 Å². The van der Waals surface area contributed by atoms with Gasteiger partial charge in [-0.15, -0.1) is 0 Å². The number of piperazine rings is 1. The van der Waals surface area contributed by atoms with Gasteiger partial charge < -0.3 is 25.0 Å². The molecule has 2 heterocycles. The van der Waals surface area contributed by atoms with Gasteiger partial charge in [0.05, 0.1) is 18.8 Å². The minimum absolute atomic E-state index is 0.00685. The number of hydrogen-bond donors (Lipinski definition) is 2. The molecule has 7 heteroatoms. The third-order valence-corrected chi connectivity index (χ3v) is 5.13. The number of aliphatic hydroxyl groups is 1. The van der Waals surface area contributed by atoms with E-state index in [0.29, 0.717) is 23.0 Å². The van der Waals surface area contributed by atoms with Gasteiger partial charge in [-0.2, -0.15) is 0 Å². The number of halogens is 1. The molecule has 0 spiro atoms. The van der Waals surface area contributed by atoms with Crippen molar-refractivity contribution in [1.29, 1.82) is 0 Å². The molecule has 2 aliphatic heterocycles. The van der Waals surface area contributed by atoms with Crippen molar-refractivity contribution >= 4 is 28.9 Å². The monoisotopic (exact) mass is 387 g/mol. The van der Waals surface area contributed by atoms with Gasteiger partial charge in [-0.3, -0.25) is 4.79 Å². The van der Waals surface area contributed by atoms with Crippen LogP contribution in [0.3, 0.4) is 0 Å². The summed E-state index contributed by atoms with van der Waals surface area (Å²) in [6.07, 6.45) is 0. The maximum atomic E-state index is 12.5. The normalized spacial score (nSPS) is 16.9. The van der Waals surface area contributed by atoms with Crippen molar-refractivity contribution in [2.45, 2.75) is 13.2 Å². The zero-order valence-corrected chi connectivity index (χ0v) is 15.7. The van der Waals surface area contributed by atoms with Gasteiger partial charge in [0.25, 0.3) is 5.91 Å². The van der Waals surface area contributed by atoms with Crippen LogP contribution in [-0.4, -0.2) is 43.8 Å². The van der Waals surface area contributed by atoms with E-state index in [9.17, 15) is 9.90 Å². The van der Waals surface area contributed by atoms with Crippen LogP contribution in [-0.2, 0) is 17.9 Å². The van der Waals surface area contributed by atoms with Crippen molar-refractivity contribution in [2.75, 3.05) is 42.6 Å². The number of carbonyl (C=O) groups excluding carboxylic acids is 1. The molecule has 1 fully saturated rings. The molecule has 2 aromatic carbocycles. The predicted molar refractivity (Wildman–Crippen MR) is 106 cm³/mol. The molecule has 0 saturated carbocycles. The first-order valence-corrected chi connectivity index (χ1v) is 9.44. The number of anilines is 2. The largest absolute Gasteiger partial charge is 0.482 e. The molecular weight excluding hydrogens is 366 g/mol. The summed E-state index contributed by atoms with van der Waals surface area (Å²) in [6, 6.07) is 11.4. The Kier molecular flexibility index (Phi) is 5.20. The Bertz CT molecular complexity index is 852. The van der Waals surface area contributed by atoms with Crippen molar-refractivity contribution in [1.82, 2.24) is 5.32 Å². The maximum absolute atomic E-state index is 12.5. The van der Waals surface area contributed by atoms with Crippen LogP contribution >= 0.6 is 11.6 Å². The Labute approximate surface area is 163 Å². The molecule has 2 aliphatic rings. The fraction of sp³-hybridized carbons (Fsp3) is 0.350. The molecule has 0 aromatic heterocycles. The van der Waals surface area contributed by atoms with E-state index in [-0.39, 0.29) is 19.1 Å². The fourth-order valence-electron chi connectivity index (χ4n) is 3.53. The topological polar surface area (TPSA) is 65.0 Å². The van der Waals surface area contributed by atoms with E-state index >= 15 is 0 Å². The van der Waals surface area contributed by atoms with Gasteiger partial charge in [0.15, 0.2) is 6.61 Å². The van der Waals surface area contributed by atoms with Crippen molar-refractivity contribution in [2.24, 2.45) is 0 Å². The zero-order chi connectivity index (χ0) is 18.8. The molecule has 4 rings (SSSR count). The lowest BCUT2D eigenvalue weighted by molar-refractivity contribution is -0.121. The molecule has 27 heavy (non-hydrogen) atoms. The summed E-state index contributed by atoms with van der Waals surface area (Å²) in [5.41, 5.74) is 3.53. The minimum atomic E-state index is -0.0945. The van der Waals surface area contributed by atoms with Crippen LogP contribution < -0.4 is 19.9 Å². The number of carbonyl (C=O) groups is 1. The van der Waals surface area contributed by atoms with Gasteiger partial charge >= 0.3 is 0 Å². The lowest BCUT2D eigenvalue weighted by atomic mass is 10.1. The first-order chi connectivity index (χ1) is 13.1. The summed E-state index contributed by atoms with van der Waals surface area (Å²) in [5.74, 6) is 0.522. The molecule has 0 atom stereocenters. The van der Waals surface area contributed by atoms with E-state index in [4.69, 9.17) is 16.3 Å². The number of rotatable bonds is 4. The minimum Gasteiger partial charge on any atom is -0.482 e. The first-order valence-electron chi connectivity index (χ1n) is 9.06. The summed E-state index contributed by atoms with van der Waals surface area (Å²) >= 11 is 6.36. The second kappa shape index (κ2) is 7.76. The number of aliphatic hydroxyl groups excluding tert-OH is 1. The molecule has 0 aliphatic carbocycles. The van der Waals surface area contributed by atoms with Crippen LogP contribution in [0.1, 0.15) is 11.1 Å². The van der Waals surface area contributed by atoms with Gasteiger partial charge in [-0.1, -0.05) is 17.7 Å². The zero-order valence-electron chi connectivity index (χ0n) is 14.9. The smallest absolute Gasteiger partial charge is 0.265 e. The van der Waals surface area contributed by atoms with Crippen LogP contribution in [0, 0.1) is 0 Å². The van der Waals surface area contributed by atoms with Gasteiger partial charge in [-0.05, 0) is 41.5 Å². The van der Waals surface area contributed by atoms with Crippen LogP contribution in [0.15, 0.2) is 36.4 Å². The number of nitrogens with one attached hydrogen (secondary N) is 1. The number of nitrogens with zero attached hydrogens (tertiary/aromatic N) is 2. The van der Waals surface area contributed by atoms with Crippen LogP contribution in [0.2, 0.25) is 5.02 Å². The van der Waals surface area contributed by atoms with Gasteiger partial charge in [0.2, 0.25) is 0 Å². The summed E-state index contributed by atoms with van der Waals surface area (Å²) in [5, 5.41) is 13.3. The summed E-state index contributed by atoms with van der Waals surface area (Å²) in [7, 11) is 0. The fourth-order valence-corrected chi connectivity index (χ4v) is 3.79. The molecule has 1 saturated heterocycles. The molecule has 0 unspecified atom stereocenters. The van der Waals surface area contributed by atoms with E-state index < -0.39 is 0 Å². The second-order valence-corrected chi connectivity index (χ2v) is 7.22. The van der Waals surface area contributed by atoms with Crippen molar-refractivity contribution < 1.29 is 14.6 Å². The van der Waals surface area contributed by atoms with Gasteiger partial charge in [0.1, 0.15) is 5.75 Å². The number of amides is 1. The summed E-state index contributed by atoms with van der Waals surface area (Å²) in [6.45, 7) is 4.12. The summed E-state index contributed by atoms with van der Waals surface area (Å²) < 4.78 is 5.55. The number of benzene rings is 2. The number of ether oxygens (including phenoxy) is 1. The lowest BCUT2D eigenvalue weighted by Crippen LogP contribution is -2.43. The van der Waals surface area contributed by atoms with Crippen molar-refractivity contribution in [3.05, 3.63) is 52.5 Å². The highest BCUT2D eigenvalue weighted by Crippen LogP contribution is 2.35. The quantitative estimate of drug-likeness (QED) is 0.841. The molecule has 0 bridgehead atoms. The van der Waals surface area contributed by atoms with Gasteiger partial charge in [-0.25, -0.2) is 0 Å². The number of fused-ring (bicyclic) bond motifs is 1.